The molecule has 0 aliphatic heterocycles. The maximum atomic E-state index is 12.9. The summed E-state index contributed by atoms with van der Waals surface area (Å²) in [6, 6.07) is 0. The van der Waals surface area contributed by atoms with Crippen LogP contribution in [0.2, 0.25) is 0 Å². The van der Waals surface area contributed by atoms with Gasteiger partial charge in [-0.15, -0.1) is 0 Å². The lowest BCUT2D eigenvalue weighted by Crippen LogP contribution is -2.30. The third kappa shape index (κ3) is 67.2. The molecule has 0 aliphatic rings. The lowest BCUT2D eigenvalue weighted by Gasteiger charge is -2.18. The molecule has 0 saturated heterocycles. The summed E-state index contributed by atoms with van der Waals surface area (Å²) in [5, 5.41) is 0. The summed E-state index contributed by atoms with van der Waals surface area (Å²) >= 11 is 0. The summed E-state index contributed by atoms with van der Waals surface area (Å²) in [7, 11) is 0. The molecule has 0 bridgehead atoms. The zero-order chi connectivity index (χ0) is 57.8. The molecule has 0 aromatic rings. The van der Waals surface area contributed by atoms with Crippen molar-refractivity contribution in [2.45, 2.75) is 444 Å². The standard InChI is InChI=1S/C74H144O6/c1-4-7-10-13-16-19-22-25-27-29-31-32-33-34-35-36-37-38-39-40-41-42-44-45-47-49-52-55-58-61-64-67-73(76)79-70-71(69-78-72(75)66-63-60-57-54-51-24-21-18-15-12-9-6-3)80-74(77)68-65-62-59-56-53-50-48-46-43-30-28-26-23-20-17-14-11-8-5-2/h71H,4-70H2,1-3H3. The van der Waals surface area contributed by atoms with E-state index >= 15 is 0 Å². The Morgan fingerprint density at radius 3 is 0.500 bits per heavy atom. The molecule has 0 fully saturated rings. The number of carbonyl (C=O) groups is 3. The van der Waals surface area contributed by atoms with Crippen LogP contribution in [0.5, 0.6) is 0 Å². The Bertz CT molecular complexity index is 1200. The highest BCUT2D eigenvalue weighted by atomic mass is 16.6. The zero-order valence-corrected chi connectivity index (χ0v) is 54.9. The Balaban J connectivity index is 4.08. The number of hydrogen-bond donors (Lipinski definition) is 0. The van der Waals surface area contributed by atoms with E-state index in [2.05, 4.69) is 20.8 Å². The van der Waals surface area contributed by atoms with Gasteiger partial charge in [-0.1, -0.05) is 400 Å². The minimum atomic E-state index is -0.763. The summed E-state index contributed by atoms with van der Waals surface area (Å²) in [5.74, 6) is -0.821. The summed E-state index contributed by atoms with van der Waals surface area (Å²) in [6.07, 6.45) is 83.0. The van der Waals surface area contributed by atoms with Gasteiger partial charge in [0.1, 0.15) is 13.2 Å². The average Bonchev–Trinajstić information content (AvgIpc) is 3.46. The molecule has 0 aromatic carbocycles. The molecular formula is C74H144O6. The van der Waals surface area contributed by atoms with Crippen molar-refractivity contribution in [3.63, 3.8) is 0 Å². The van der Waals surface area contributed by atoms with Crippen molar-refractivity contribution in [3.05, 3.63) is 0 Å². The predicted molar refractivity (Wildman–Crippen MR) is 349 cm³/mol. The third-order valence-electron chi connectivity index (χ3n) is 17.4. The van der Waals surface area contributed by atoms with E-state index < -0.39 is 6.10 Å². The van der Waals surface area contributed by atoms with E-state index in [9.17, 15) is 14.4 Å². The second-order valence-electron chi connectivity index (χ2n) is 25.6. The Hall–Kier alpha value is -1.59. The van der Waals surface area contributed by atoms with Crippen LogP contribution < -0.4 is 0 Å². The van der Waals surface area contributed by atoms with Gasteiger partial charge in [-0.3, -0.25) is 14.4 Å². The molecule has 0 aliphatic carbocycles. The maximum Gasteiger partial charge on any atom is 0.306 e. The highest BCUT2D eigenvalue weighted by Crippen LogP contribution is 2.20. The Morgan fingerprint density at radius 1 is 0.200 bits per heavy atom. The molecule has 0 heterocycles. The smallest absolute Gasteiger partial charge is 0.306 e. The maximum absolute atomic E-state index is 12.9. The highest BCUT2D eigenvalue weighted by Gasteiger charge is 2.20. The van der Waals surface area contributed by atoms with Gasteiger partial charge in [0, 0.05) is 19.3 Å². The molecule has 6 nitrogen and oxygen atoms in total. The van der Waals surface area contributed by atoms with Crippen LogP contribution in [-0.2, 0) is 28.6 Å². The van der Waals surface area contributed by atoms with Crippen molar-refractivity contribution >= 4 is 17.9 Å². The monoisotopic (exact) mass is 1130 g/mol. The van der Waals surface area contributed by atoms with Gasteiger partial charge in [0.15, 0.2) is 6.10 Å². The summed E-state index contributed by atoms with van der Waals surface area (Å²) in [4.78, 5) is 38.4. The van der Waals surface area contributed by atoms with E-state index in [1.165, 1.54) is 340 Å². The number of ether oxygens (including phenoxy) is 3. The van der Waals surface area contributed by atoms with Crippen molar-refractivity contribution in [1.29, 1.82) is 0 Å². The van der Waals surface area contributed by atoms with Crippen molar-refractivity contribution < 1.29 is 28.6 Å². The third-order valence-corrected chi connectivity index (χ3v) is 17.4. The first-order valence-corrected chi connectivity index (χ1v) is 37.0. The first-order chi connectivity index (χ1) is 39.5. The van der Waals surface area contributed by atoms with Crippen molar-refractivity contribution in [2.75, 3.05) is 13.2 Å². The molecule has 0 rings (SSSR count). The number of carbonyl (C=O) groups excluding carboxylic acids is 3. The largest absolute Gasteiger partial charge is 0.462 e. The van der Waals surface area contributed by atoms with Gasteiger partial charge in [0.05, 0.1) is 0 Å². The van der Waals surface area contributed by atoms with Gasteiger partial charge >= 0.3 is 17.9 Å². The van der Waals surface area contributed by atoms with Crippen LogP contribution in [-0.4, -0.2) is 37.2 Å². The fraction of sp³-hybridized carbons (Fsp3) is 0.959. The minimum Gasteiger partial charge on any atom is -0.462 e. The molecule has 6 heteroatoms. The topological polar surface area (TPSA) is 78.9 Å². The van der Waals surface area contributed by atoms with Gasteiger partial charge in [0.25, 0.3) is 0 Å². The van der Waals surface area contributed by atoms with Crippen molar-refractivity contribution in [2.24, 2.45) is 0 Å². The van der Waals surface area contributed by atoms with E-state index in [4.69, 9.17) is 14.2 Å². The highest BCUT2D eigenvalue weighted by molar-refractivity contribution is 5.71. The van der Waals surface area contributed by atoms with E-state index in [-0.39, 0.29) is 31.1 Å². The first-order valence-electron chi connectivity index (χ1n) is 37.0. The van der Waals surface area contributed by atoms with Gasteiger partial charge in [-0.25, -0.2) is 0 Å². The van der Waals surface area contributed by atoms with E-state index in [0.717, 1.165) is 57.8 Å². The molecule has 0 aromatic heterocycles. The second-order valence-corrected chi connectivity index (χ2v) is 25.6. The summed E-state index contributed by atoms with van der Waals surface area (Å²) in [5.41, 5.74) is 0. The van der Waals surface area contributed by atoms with Gasteiger partial charge in [-0.05, 0) is 19.3 Å². The van der Waals surface area contributed by atoms with Crippen molar-refractivity contribution in [1.82, 2.24) is 0 Å². The molecule has 476 valence electrons. The average molecular weight is 1130 g/mol. The molecule has 0 radical (unpaired) electrons. The van der Waals surface area contributed by atoms with Gasteiger partial charge in [0.2, 0.25) is 0 Å². The molecule has 0 spiro atoms. The molecule has 0 saturated carbocycles. The Kier molecular flexibility index (Phi) is 68.5. The van der Waals surface area contributed by atoms with Crippen molar-refractivity contribution in [3.8, 4) is 0 Å². The van der Waals surface area contributed by atoms with E-state index in [1.54, 1.807) is 0 Å². The van der Waals surface area contributed by atoms with Gasteiger partial charge in [-0.2, -0.15) is 0 Å². The number of hydrogen-bond acceptors (Lipinski definition) is 6. The van der Waals surface area contributed by atoms with Crippen LogP contribution in [0.3, 0.4) is 0 Å². The minimum absolute atomic E-state index is 0.0603. The second kappa shape index (κ2) is 69.9. The molecule has 0 N–H and O–H groups in total. The number of esters is 3. The molecule has 1 atom stereocenters. The zero-order valence-electron chi connectivity index (χ0n) is 54.9. The SMILES string of the molecule is CCCCCCCCCCCCCCCCCCCCCCCCCCCCCCCCCC(=O)OCC(COC(=O)CCCCCCCCCCCCCC)OC(=O)CCCCCCCCCCCCCCCCCCCCC. The van der Waals surface area contributed by atoms with Crippen LogP contribution in [0.1, 0.15) is 438 Å². The van der Waals surface area contributed by atoms with Gasteiger partial charge < -0.3 is 14.2 Å². The Morgan fingerprint density at radius 2 is 0.338 bits per heavy atom. The summed E-state index contributed by atoms with van der Waals surface area (Å²) < 4.78 is 17.0. The molecule has 1 unspecified atom stereocenters. The van der Waals surface area contributed by atoms with Crippen LogP contribution in [0.15, 0.2) is 0 Å². The summed E-state index contributed by atoms with van der Waals surface area (Å²) in [6.45, 7) is 6.74. The van der Waals surface area contributed by atoms with Crippen LogP contribution >= 0.6 is 0 Å². The first kappa shape index (κ1) is 78.4. The fourth-order valence-corrected chi connectivity index (χ4v) is 11.8. The number of rotatable bonds is 70. The predicted octanol–water partition coefficient (Wildman–Crippen LogP) is 25.4. The lowest BCUT2D eigenvalue weighted by atomic mass is 10.0. The van der Waals surface area contributed by atoms with E-state index in [0.29, 0.717) is 19.3 Å². The molecule has 0 amide bonds. The normalized spacial score (nSPS) is 11.9. The van der Waals surface area contributed by atoms with Crippen LogP contribution in [0, 0.1) is 0 Å². The Labute approximate surface area is 501 Å². The van der Waals surface area contributed by atoms with E-state index in [1.807, 2.05) is 0 Å². The van der Waals surface area contributed by atoms with Crippen LogP contribution in [0.4, 0.5) is 0 Å². The molecular weight excluding hydrogens is 985 g/mol. The lowest BCUT2D eigenvalue weighted by molar-refractivity contribution is -0.167. The number of unbranched alkanes of at least 4 members (excludes halogenated alkanes) is 59. The fourth-order valence-electron chi connectivity index (χ4n) is 11.8. The molecule has 80 heavy (non-hydrogen) atoms. The van der Waals surface area contributed by atoms with Crippen LogP contribution in [0.25, 0.3) is 0 Å². The quantitative estimate of drug-likeness (QED) is 0.0343.